The second-order valence-electron chi connectivity index (χ2n) is 8.04. The van der Waals surface area contributed by atoms with Gasteiger partial charge in [0, 0.05) is 19.3 Å². The smallest absolute Gasteiger partial charge is 0.336 e. The summed E-state index contributed by atoms with van der Waals surface area (Å²) in [5.41, 5.74) is 0.0115. The fraction of sp³-hybridized carbons (Fsp3) is 0.500. The number of morpholine rings is 1. The van der Waals surface area contributed by atoms with Crippen LogP contribution in [0.25, 0.3) is 4.48 Å². The van der Waals surface area contributed by atoms with E-state index in [4.69, 9.17) is 14.2 Å². The van der Waals surface area contributed by atoms with Crippen LogP contribution in [-0.4, -0.2) is 64.1 Å². The van der Waals surface area contributed by atoms with E-state index in [1.807, 2.05) is 25.7 Å². The summed E-state index contributed by atoms with van der Waals surface area (Å²) >= 11 is 3.51. The van der Waals surface area contributed by atoms with E-state index in [-0.39, 0.29) is 12.5 Å². The molecule has 0 radical (unpaired) electrons. The lowest BCUT2D eigenvalue weighted by atomic mass is 10.2. The third kappa shape index (κ3) is 4.99. The number of nitrogens with zero attached hydrogens (tertiary/aromatic N) is 6. The van der Waals surface area contributed by atoms with Crippen LogP contribution in [-0.2, 0) is 20.9 Å². The van der Waals surface area contributed by atoms with Crippen molar-refractivity contribution in [3.05, 3.63) is 34.7 Å². The van der Waals surface area contributed by atoms with Crippen molar-refractivity contribution in [3.8, 4) is 5.88 Å². The zero-order valence-electron chi connectivity index (χ0n) is 17.5. The van der Waals surface area contributed by atoms with Gasteiger partial charge in [-0.3, -0.25) is 4.99 Å². The van der Waals surface area contributed by atoms with Gasteiger partial charge >= 0.3 is 5.97 Å². The number of hydrogen-bond acceptors (Lipinski definition) is 10. The van der Waals surface area contributed by atoms with Crippen molar-refractivity contribution in [1.82, 2.24) is 20.2 Å². The van der Waals surface area contributed by atoms with E-state index in [0.29, 0.717) is 53.1 Å². The summed E-state index contributed by atoms with van der Waals surface area (Å²) in [6, 6.07) is 2.73. The van der Waals surface area contributed by atoms with Crippen LogP contribution in [0.15, 0.2) is 23.3 Å². The van der Waals surface area contributed by atoms with Crippen molar-refractivity contribution < 1.29 is 19.0 Å². The number of hydrogen-bond donors (Lipinski definition) is 0. The third-order valence-corrected chi connectivity index (χ3v) is 5.28. The van der Waals surface area contributed by atoms with E-state index in [2.05, 4.69) is 41.1 Å². The van der Waals surface area contributed by atoms with Crippen LogP contribution in [0.2, 0.25) is 0 Å². The Morgan fingerprint density at radius 2 is 2.06 bits per heavy atom. The minimum Gasteiger partial charge on any atom is -0.469 e. The summed E-state index contributed by atoms with van der Waals surface area (Å²) in [6.07, 6.45) is 1.59. The number of carbonyl (C=O) groups excluding carboxylic acids is 1. The van der Waals surface area contributed by atoms with E-state index in [1.54, 1.807) is 18.3 Å². The molecule has 4 heterocycles. The molecule has 1 unspecified atom stereocenters. The predicted octanol–water partition coefficient (Wildman–Crippen LogP) is 0.529. The van der Waals surface area contributed by atoms with Crippen LogP contribution in [0.4, 0.5) is 5.95 Å². The Balaban J connectivity index is 1.72. The number of fused-ring (bicyclic) bond motifs is 1. The molecule has 1 atom stereocenters. The molecule has 0 amide bonds. The summed E-state index contributed by atoms with van der Waals surface area (Å²) < 4.78 is 17.4. The van der Waals surface area contributed by atoms with Crippen LogP contribution >= 0.6 is 15.9 Å². The fourth-order valence-corrected chi connectivity index (χ4v) is 3.66. The van der Waals surface area contributed by atoms with Crippen LogP contribution < -0.4 is 20.3 Å². The minimum absolute atomic E-state index is 0.157. The molecule has 2 aliphatic rings. The summed E-state index contributed by atoms with van der Waals surface area (Å²) in [5, 5.41) is 8.82. The van der Waals surface area contributed by atoms with Gasteiger partial charge in [0.2, 0.25) is 11.8 Å². The van der Waals surface area contributed by atoms with Crippen LogP contribution in [0.5, 0.6) is 5.88 Å². The van der Waals surface area contributed by atoms with E-state index in [0.717, 1.165) is 0 Å². The summed E-state index contributed by atoms with van der Waals surface area (Å²) in [4.78, 5) is 28.5. The molecule has 2 aromatic heterocycles. The van der Waals surface area contributed by atoms with Crippen molar-refractivity contribution >= 4 is 32.3 Å². The number of esters is 1. The number of ether oxygens (including phenoxy) is 3. The average Bonchev–Trinajstić information content (AvgIpc) is 3.09. The van der Waals surface area contributed by atoms with Gasteiger partial charge in [-0.1, -0.05) is 15.9 Å². The number of rotatable bonds is 5. The topological polar surface area (TPSA) is 112 Å². The van der Waals surface area contributed by atoms with Gasteiger partial charge in [0.05, 0.1) is 17.7 Å². The molecular formula is C20H23BrN6O4. The molecule has 164 valence electrons. The first-order valence-electron chi connectivity index (χ1n) is 9.92. The maximum atomic E-state index is 12.7. The predicted molar refractivity (Wildman–Crippen MR) is 114 cm³/mol. The molecule has 0 aliphatic carbocycles. The molecule has 0 saturated carbocycles. The lowest BCUT2D eigenvalue weighted by Gasteiger charge is -2.26. The molecule has 2 aromatic rings. The first-order valence-corrected chi connectivity index (χ1v) is 10.7. The van der Waals surface area contributed by atoms with E-state index in [1.165, 1.54) is 0 Å². The zero-order valence-corrected chi connectivity index (χ0v) is 19.1. The Kier molecular flexibility index (Phi) is 6.15. The van der Waals surface area contributed by atoms with E-state index >= 15 is 0 Å². The molecule has 0 bridgehead atoms. The van der Waals surface area contributed by atoms with Gasteiger partial charge in [-0.15, -0.1) is 0 Å². The Bertz CT molecular complexity index is 1080. The van der Waals surface area contributed by atoms with Crippen molar-refractivity contribution in [2.45, 2.75) is 39.0 Å². The lowest BCUT2D eigenvalue weighted by molar-refractivity contribution is -0.154. The molecule has 0 aromatic carbocycles. The Morgan fingerprint density at radius 1 is 1.29 bits per heavy atom. The maximum Gasteiger partial charge on any atom is 0.336 e. The summed E-state index contributed by atoms with van der Waals surface area (Å²) in [6.45, 7) is 8.09. The summed E-state index contributed by atoms with van der Waals surface area (Å²) in [5.74, 6) is 0.304. The lowest BCUT2D eigenvalue weighted by Crippen LogP contribution is -2.40. The highest BCUT2D eigenvalue weighted by atomic mass is 79.9. The van der Waals surface area contributed by atoms with Crippen molar-refractivity contribution in [2.75, 3.05) is 31.2 Å². The van der Waals surface area contributed by atoms with E-state index in [9.17, 15) is 4.79 Å². The SMILES string of the molecule is CC(C)(C)OC(=O)C1N=c2c(OCc3cccnn3)nc(N3CCOCC3)nc2=C1Br. The number of aromatic nitrogens is 4. The number of anilines is 1. The highest BCUT2D eigenvalue weighted by molar-refractivity contribution is 9.15. The average molecular weight is 491 g/mol. The van der Waals surface area contributed by atoms with E-state index < -0.39 is 17.6 Å². The Labute approximate surface area is 187 Å². The quantitative estimate of drug-likeness (QED) is 0.553. The largest absolute Gasteiger partial charge is 0.469 e. The Morgan fingerprint density at radius 3 is 2.74 bits per heavy atom. The molecule has 1 saturated heterocycles. The van der Waals surface area contributed by atoms with Gasteiger partial charge in [-0.05, 0) is 32.9 Å². The second kappa shape index (κ2) is 8.83. The van der Waals surface area contributed by atoms with Crippen molar-refractivity contribution in [3.63, 3.8) is 0 Å². The molecule has 11 heteroatoms. The standard InChI is InChI=1S/C20H23BrN6O4/c1-20(2,3)31-18(28)15-13(21)14-16(23-15)17(30-11-12-5-4-6-22-26-12)25-19(24-14)27-7-9-29-10-8-27/h4-6,15H,7-11H2,1-3H3. The zero-order chi connectivity index (χ0) is 22.0. The normalized spacial score (nSPS) is 18.4. The van der Waals surface area contributed by atoms with Gasteiger partial charge in [0.1, 0.15) is 28.6 Å². The minimum atomic E-state index is -0.859. The van der Waals surface area contributed by atoms with Crippen molar-refractivity contribution in [2.24, 2.45) is 4.99 Å². The molecule has 2 aliphatic heterocycles. The molecule has 31 heavy (non-hydrogen) atoms. The van der Waals surface area contributed by atoms with Crippen LogP contribution in [0.1, 0.15) is 26.5 Å². The van der Waals surface area contributed by atoms with Gasteiger partial charge < -0.3 is 19.1 Å². The molecule has 10 nitrogen and oxygen atoms in total. The third-order valence-electron chi connectivity index (χ3n) is 4.47. The molecule has 4 rings (SSSR count). The van der Waals surface area contributed by atoms with Crippen LogP contribution in [0.3, 0.4) is 0 Å². The monoisotopic (exact) mass is 490 g/mol. The highest BCUT2D eigenvalue weighted by Gasteiger charge is 2.33. The van der Waals surface area contributed by atoms with Gasteiger partial charge in [0.15, 0.2) is 6.04 Å². The highest BCUT2D eigenvalue weighted by Crippen LogP contribution is 2.22. The molecule has 0 spiro atoms. The molecule has 1 fully saturated rings. The summed E-state index contributed by atoms with van der Waals surface area (Å²) in [7, 11) is 0. The fourth-order valence-electron chi connectivity index (χ4n) is 3.09. The van der Waals surface area contributed by atoms with Gasteiger partial charge in [0.25, 0.3) is 0 Å². The Hall–Kier alpha value is -2.66. The van der Waals surface area contributed by atoms with Gasteiger partial charge in [-0.2, -0.15) is 15.2 Å². The van der Waals surface area contributed by atoms with Crippen LogP contribution in [0, 0.1) is 0 Å². The number of carbonyl (C=O) groups is 1. The maximum absolute atomic E-state index is 12.7. The second-order valence-corrected chi connectivity index (χ2v) is 8.90. The van der Waals surface area contributed by atoms with Crippen molar-refractivity contribution in [1.29, 1.82) is 0 Å². The first kappa shape index (κ1) is 21.6. The first-order chi connectivity index (χ1) is 14.8. The molecule has 0 N–H and O–H groups in total. The van der Waals surface area contributed by atoms with Gasteiger partial charge in [-0.25, -0.2) is 9.78 Å². The number of halogens is 1. The molecular weight excluding hydrogens is 468 g/mol.